The van der Waals surface area contributed by atoms with Crippen molar-refractivity contribution in [2.45, 2.75) is 30.8 Å². The molecule has 0 unspecified atom stereocenters. The van der Waals surface area contributed by atoms with E-state index in [-0.39, 0.29) is 0 Å². The minimum atomic E-state index is -0.614. The summed E-state index contributed by atoms with van der Waals surface area (Å²) < 4.78 is 24.5. The lowest BCUT2D eigenvalue weighted by molar-refractivity contribution is -0.0248. The fraction of sp³-hybridized carbons (Fsp3) is 0.500. The van der Waals surface area contributed by atoms with Crippen LogP contribution in [0.2, 0.25) is 5.15 Å². The summed E-state index contributed by atoms with van der Waals surface area (Å²) in [6, 6.07) is 5.63. The van der Waals surface area contributed by atoms with E-state index in [2.05, 4.69) is 4.98 Å². The Morgan fingerprint density at radius 3 is 2.81 bits per heavy atom. The molecule has 2 fully saturated rings. The Balaban J connectivity index is 1.65. The predicted octanol–water partition coefficient (Wildman–Crippen LogP) is 3.63. The Morgan fingerprint density at radius 2 is 2.10 bits per heavy atom. The van der Waals surface area contributed by atoms with Crippen molar-refractivity contribution in [3.63, 3.8) is 0 Å². The molecule has 164 valence electrons. The largest absolute Gasteiger partial charge is 0.491 e. The maximum atomic E-state index is 6.23. The maximum Gasteiger partial charge on any atom is 0.158 e. The van der Waals surface area contributed by atoms with Crippen molar-refractivity contribution in [3.05, 3.63) is 40.9 Å². The number of hydrogen-bond donors (Lipinski definition) is 0. The molecule has 0 bridgehead atoms. The molecule has 1 aliphatic carbocycles. The minimum Gasteiger partial charge on any atom is -0.491 e. The molecule has 5 rings (SSSR count). The van der Waals surface area contributed by atoms with Crippen LogP contribution in [0.5, 0.6) is 5.75 Å². The van der Waals surface area contributed by atoms with Crippen LogP contribution in [0.25, 0.3) is 16.7 Å². The van der Waals surface area contributed by atoms with E-state index in [1.165, 1.54) is 0 Å². The molecule has 4 heterocycles. The topological polar surface area (TPSA) is 80.5 Å². The van der Waals surface area contributed by atoms with Crippen LogP contribution >= 0.6 is 11.6 Å². The van der Waals surface area contributed by atoms with E-state index < -0.39 is 5.60 Å². The molecule has 8 nitrogen and oxygen atoms in total. The lowest BCUT2D eigenvalue weighted by Gasteiger charge is -2.26. The zero-order valence-corrected chi connectivity index (χ0v) is 18.4. The van der Waals surface area contributed by atoms with Crippen molar-refractivity contribution < 1.29 is 18.9 Å². The first-order chi connectivity index (χ1) is 15.1. The minimum absolute atomic E-state index is 0.418. The van der Waals surface area contributed by atoms with E-state index in [0.717, 1.165) is 41.6 Å². The predicted molar refractivity (Wildman–Crippen MR) is 115 cm³/mol. The summed E-state index contributed by atoms with van der Waals surface area (Å²) >= 11 is 6.23. The van der Waals surface area contributed by atoms with Gasteiger partial charge in [-0.2, -0.15) is 5.10 Å². The summed E-state index contributed by atoms with van der Waals surface area (Å²) in [5, 5.41) is 6.34. The Labute approximate surface area is 185 Å². The molecule has 1 atom stereocenters. The smallest absolute Gasteiger partial charge is 0.158 e. The quantitative estimate of drug-likeness (QED) is 0.387. The van der Waals surface area contributed by atoms with E-state index >= 15 is 0 Å². The Bertz CT molecular complexity index is 1090. The normalized spacial score (nSPS) is 21.1. The molecule has 3 aromatic rings. The van der Waals surface area contributed by atoms with Crippen LogP contribution in [0.15, 0.2) is 24.4 Å². The van der Waals surface area contributed by atoms with E-state index in [9.17, 15) is 0 Å². The van der Waals surface area contributed by atoms with Gasteiger partial charge < -0.3 is 18.9 Å². The molecule has 0 aromatic carbocycles. The average molecular weight is 445 g/mol. The highest BCUT2D eigenvalue weighted by molar-refractivity contribution is 6.30. The molecule has 3 aromatic heterocycles. The molecular formula is C22H25ClN4O4. The molecule has 0 N–H and O–H groups in total. The number of ether oxygens (including phenoxy) is 4. The third-order valence-electron chi connectivity index (χ3n) is 5.93. The SMILES string of the molecule is COCCOc1cc(-n2nc(C3CC3)c3cnc(Cl)cc32)nc([C@]2(OC)CCOC2)c1. The molecule has 2 aliphatic rings. The fourth-order valence-corrected chi connectivity index (χ4v) is 4.17. The van der Waals surface area contributed by atoms with Crippen molar-refractivity contribution in [2.24, 2.45) is 0 Å². The van der Waals surface area contributed by atoms with Crippen LogP contribution in [0.3, 0.4) is 0 Å². The van der Waals surface area contributed by atoms with Gasteiger partial charge in [0, 0.05) is 62.9 Å². The molecule has 9 heteroatoms. The first-order valence-corrected chi connectivity index (χ1v) is 10.8. The Kier molecular flexibility index (Phi) is 5.56. The number of methoxy groups -OCH3 is 2. The molecule has 1 saturated heterocycles. The van der Waals surface area contributed by atoms with E-state index in [1.54, 1.807) is 20.4 Å². The van der Waals surface area contributed by atoms with Crippen LogP contribution in [-0.2, 0) is 19.8 Å². The van der Waals surface area contributed by atoms with Gasteiger partial charge in [0.15, 0.2) is 5.82 Å². The van der Waals surface area contributed by atoms with Gasteiger partial charge in [-0.1, -0.05) is 11.6 Å². The zero-order chi connectivity index (χ0) is 21.4. The van der Waals surface area contributed by atoms with Gasteiger partial charge in [0.25, 0.3) is 0 Å². The highest BCUT2D eigenvalue weighted by Crippen LogP contribution is 2.43. The van der Waals surface area contributed by atoms with Gasteiger partial charge >= 0.3 is 0 Å². The summed E-state index contributed by atoms with van der Waals surface area (Å²) in [4.78, 5) is 9.22. The van der Waals surface area contributed by atoms with Crippen LogP contribution < -0.4 is 4.74 Å². The summed E-state index contributed by atoms with van der Waals surface area (Å²) in [5.41, 5.74) is 2.06. The van der Waals surface area contributed by atoms with Crippen molar-refractivity contribution in [1.29, 1.82) is 0 Å². The second kappa shape index (κ2) is 8.35. The third-order valence-corrected chi connectivity index (χ3v) is 6.13. The van der Waals surface area contributed by atoms with Crippen LogP contribution in [-0.4, -0.2) is 60.4 Å². The van der Waals surface area contributed by atoms with Crippen molar-refractivity contribution in [1.82, 2.24) is 19.7 Å². The molecular weight excluding hydrogens is 420 g/mol. The number of nitrogens with zero attached hydrogens (tertiary/aromatic N) is 4. The lowest BCUT2D eigenvalue weighted by Crippen LogP contribution is -2.30. The first kappa shape index (κ1) is 20.6. The number of fused-ring (bicyclic) bond motifs is 1. The van der Waals surface area contributed by atoms with E-state index in [4.69, 9.17) is 40.6 Å². The van der Waals surface area contributed by atoms with Gasteiger partial charge in [-0.25, -0.2) is 14.6 Å². The summed E-state index contributed by atoms with van der Waals surface area (Å²) in [7, 11) is 3.34. The second-order valence-corrected chi connectivity index (χ2v) is 8.37. The first-order valence-electron chi connectivity index (χ1n) is 10.5. The highest BCUT2D eigenvalue weighted by atomic mass is 35.5. The third kappa shape index (κ3) is 3.89. The maximum absolute atomic E-state index is 6.23. The second-order valence-electron chi connectivity index (χ2n) is 7.98. The molecule has 1 saturated carbocycles. The number of halogens is 1. The number of rotatable bonds is 8. The number of hydrogen-bond acceptors (Lipinski definition) is 7. The molecule has 0 spiro atoms. The van der Waals surface area contributed by atoms with Gasteiger partial charge in [0.2, 0.25) is 0 Å². The van der Waals surface area contributed by atoms with E-state index in [1.807, 2.05) is 22.9 Å². The molecule has 0 radical (unpaired) electrons. The van der Waals surface area contributed by atoms with Gasteiger partial charge in [-0.05, 0) is 12.8 Å². The van der Waals surface area contributed by atoms with Crippen molar-refractivity contribution >= 4 is 22.5 Å². The molecule has 31 heavy (non-hydrogen) atoms. The standard InChI is InChI=1S/C22H25ClN4O4/c1-28-7-8-31-15-9-18(22(29-2)5-6-30-13-22)25-20(10-15)27-17-11-19(23)24-12-16(17)21(26-27)14-3-4-14/h9-12,14H,3-8,13H2,1-2H3/t22-/m0/s1. The van der Waals surface area contributed by atoms with Crippen LogP contribution in [0.1, 0.15) is 36.6 Å². The van der Waals surface area contributed by atoms with Gasteiger partial charge in [0.05, 0.1) is 30.1 Å². The van der Waals surface area contributed by atoms with Gasteiger partial charge in [-0.3, -0.25) is 0 Å². The van der Waals surface area contributed by atoms with Gasteiger partial charge in [0.1, 0.15) is 23.1 Å². The average Bonchev–Trinajstić information content (AvgIpc) is 3.38. The Hall–Kier alpha value is -2.26. The van der Waals surface area contributed by atoms with Crippen molar-refractivity contribution in [2.75, 3.05) is 40.6 Å². The van der Waals surface area contributed by atoms with Crippen molar-refractivity contribution in [3.8, 4) is 11.6 Å². The number of pyridine rings is 2. The van der Waals surface area contributed by atoms with Gasteiger partial charge in [-0.15, -0.1) is 0 Å². The monoisotopic (exact) mass is 444 g/mol. The summed E-state index contributed by atoms with van der Waals surface area (Å²) in [6.07, 6.45) is 4.80. The molecule has 1 aliphatic heterocycles. The number of aromatic nitrogens is 4. The fourth-order valence-electron chi connectivity index (χ4n) is 4.01. The Morgan fingerprint density at radius 1 is 1.23 bits per heavy atom. The van der Waals surface area contributed by atoms with Crippen LogP contribution in [0.4, 0.5) is 0 Å². The summed E-state index contributed by atoms with van der Waals surface area (Å²) in [6.45, 7) is 1.99. The zero-order valence-electron chi connectivity index (χ0n) is 17.6. The summed E-state index contributed by atoms with van der Waals surface area (Å²) in [5.74, 6) is 1.78. The van der Waals surface area contributed by atoms with E-state index in [0.29, 0.717) is 49.1 Å². The lowest BCUT2D eigenvalue weighted by atomic mass is 9.97. The molecule has 0 amide bonds. The highest BCUT2D eigenvalue weighted by Gasteiger charge is 2.39. The van der Waals surface area contributed by atoms with Crippen LogP contribution in [0, 0.1) is 0 Å².